The standard InChI is InChI=1S/C13H17NO4S/c1-9-3-2-5-14-12(9)7-11(13(15)16)10-4-6-19(17,18)8-10/h2-3,5,10-11H,4,6-8H2,1H3,(H,15,16). The fourth-order valence-corrected chi connectivity index (χ4v) is 4.42. The first-order valence-corrected chi connectivity index (χ1v) is 8.05. The highest BCUT2D eigenvalue weighted by atomic mass is 32.2. The number of hydrogen-bond acceptors (Lipinski definition) is 4. The van der Waals surface area contributed by atoms with Crippen LogP contribution in [0.15, 0.2) is 18.3 Å². The Kier molecular flexibility index (Phi) is 3.89. The van der Waals surface area contributed by atoms with E-state index >= 15 is 0 Å². The summed E-state index contributed by atoms with van der Waals surface area (Å²) in [7, 11) is -3.06. The van der Waals surface area contributed by atoms with Crippen molar-refractivity contribution in [3.05, 3.63) is 29.6 Å². The molecule has 0 amide bonds. The molecule has 0 saturated carbocycles. The Morgan fingerprint density at radius 1 is 1.58 bits per heavy atom. The first kappa shape index (κ1) is 14.0. The molecular weight excluding hydrogens is 266 g/mol. The molecule has 1 aromatic heterocycles. The van der Waals surface area contributed by atoms with Crippen LogP contribution in [0.2, 0.25) is 0 Å². The lowest BCUT2D eigenvalue weighted by Crippen LogP contribution is -2.27. The number of aromatic nitrogens is 1. The number of aliphatic carboxylic acids is 1. The van der Waals surface area contributed by atoms with Gasteiger partial charge in [-0.25, -0.2) is 8.42 Å². The van der Waals surface area contributed by atoms with E-state index in [0.29, 0.717) is 12.8 Å². The van der Waals surface area contributed by atoms with E-state index in [0.717, 1.165) is 11.3 Å². The molecule has 2 rings (SSSR count). The van der Waals surface area contributed by atoms with Gasteiger partial charge in [0, 0.05) is 18.3 Å². The summed E-state index contributed by atoms with van der Waals surface area (Å²) >= 11 is 0. The van der Waals surface area contributed by atoms with E-state index in [-0.39, 0.29) is 17.4 Å². The van der Waals surface area contributed by atoms with Crippen molar-refractivity contribution in [2.45, 2.75) is 19.8 Å². The van der Waals surface area contributed by atoms with Crippen LogP contribution in [0.1, 0.15) is 17.7 Å². The maximum Gasteiger partial charge on any atom is 0.307 e. The van der Waals surface area contributed by atoms with Gasteiger partial charge in [0.2, 0.25) is 0 Å². The summed E-state index contributed by atoms with van der Waals surface area (Å²) in [6.07, 6.45) is 2.36. The van der Waals surface area contributed by atoms with Gasteiger partial charge in [-0.3, -0.25) is 9.78 Å². The lowest BCUT2D eigenvalue weighted by atomic mass is 9.87. The first-order chi connectivity index (χ1) is 8.89. The molecule has 0 aliphatic carbocycles. The van der Waals surface area contributed by atoms with Crippen LogP contribution in [-0.4, -0.2) is 36.0 Å². The third-order valence-electron chi connectivity index (χ3n) is 3.69. The van der Waals surface area contributed by atoms with E-state index < -0.39 is 21.7 Å². The number of carboxylic acid groups (broad SMARTS) is 1. The second-order valence-electron chi connectivity index (χ2n) is 5.08. The summed E-state index contributed by atoms with van der Waals surface area (Å²) < 4.78 is 23.0. The highest BCUT2D eigenvalue weighted by Crippen LogP contribution is 2.29. The first-order valence-electron chi connectivity index (χ1n) is 6.23. The molecule has 2 unspecified atom stereocenters. The molecule has 0 spiro atoms. The van der Waals surface area contributed by atoms with Gasteiger partial charge in [-0.05, 0) is 30.9 Å². The summed E-state index contributed by atoms with van der Waals surface area (Å²) in [5.41, 5.74) is 1.67. The number of hydrogen-bond donors (Lipinski definition) is 1. The van der Waals surface area contributed by atoms with Crippen molar-refractivity contribution in [3.63, 3.8) is 0 Å². The van der Waals surface area contributed by atoms with E-state index in [1.807, 2.05) is 13.0 Å². The highest BCUT2D eigenvalue weighted by Gasteiger charge is 2.37. The molecule has 19 heavy (non-hydrogen) atoms. The van der Waals surface area contributed by atoms with Gasteiger partial charge in [-0.15, -0.1) is 0 Å². The van der Waals surface area contributed by atoms with Gasteiger partial charge < -0.3 is 5.11 Å². The number of carboxylic acids is 1. The number of rotatable bonds is 4. The Balaban J connectivity index is 2.18. The molecule has 0 radical (unpaired) electrons. The van der Waals surface area contributed by atoms with Crippen LogP contribution in [-0.2, 0) is 21.1 Å². The molecule has 1 saturated heterocycles. The Hall–Kier alpha value is -1.43. The summed E-state index contributed by atoms with van der Waals surface area (Å²) in [4.78, 5) is 15.6. The fourth-order valence-electron chi connectivity index (χ4n) is 2.54. The van der Waals surface area contributed by atoms with Crippen LogP contribution in [0.4, 0.5) is 0 Å². The number of nitrogens with zero attached hydrogens (tertiary/aromatic N) is 1. The number of aryl methyl sites for hydroxylation is 1. The maximum absolute atomic E-state index is 11.5. The Morgan fingerprint density at radius 3 is 2.84 bits per heavy atom. The summed E-state index contributed by atoms with van der Waals surface area (Å²) in [5, 5.41) is 9.33. The zero-order valence-corrected chi connectivity index (χ0v) is 11.6. The van der Waals surface area contributed by atoms with Crippen molar-refractivity contribution in [1.82, 2.24) is 4.98 Å². The Bertz CT molecular complexity index is 582. The van der Waals surface area contributed by atoms with Crippen LogP contribution >= 0.6 is 0 Å². The molecule has 1 aliphatic heterocycles. The normalized spacial score (nSPS) is 23.1. The molecule has 104 valence electrons. The van der Waals surface area contributed by atoms with Crippen molar-refractivity contribution < 1.29 is 18.3 Å². The van der Waals surface area contributed by atoms with Crippen molar-refractivity contribution in [2.24, 2.45) is 11.8 Å². The third-order valence-corrected chi connectivity index (χ3v) is 5.48. The smallest absolute Gasteiger partial charge is 0.307 e. The average molecular weight is 283 g/mol. The van der Waals surface area contributed by atoms with E-state index in [2.05, 4.69) is 4.98 Å². The minimum Gasteiger partial charge on any atom is -0.481 e. The van der Waals surface area contributed by atoms with E-state index in [1.54, 1.807) is 12.3 Å². The number of pyridine rings is 1. The van der Waals surface area contributed by atoms with Gasteiger partial charge in [0.1, 0.15) is 0 Å². The van der Waals surface area contributed by atoms with Gasteiger partial charge in [-0.1, -0.05) is 6.07 Å². The molecule has 6 heteroatoms. The largest absolute Gasteiger partial charge is 0.481 e. The molecule has 0 bridgehead atoms. The zero-order chi connectivity index (χ0) is 14.0. The second kappa shape index (κ2) is 5.28. The SMILES string of the molecule is Cc1cccnc1CC(C(=O)O)C1CCS(=O)(=O)C1. The van der Waals surface area contributed by atoms with Gasteiger partial charge in [0.05, 0.1) is 17.4 Å². The summed E-state index contributed by atoms with van der Waals surface area (Å²) in [6, 6.07) is 3.68. The van der Waals surface area contributed by atoms with Crippen LogP contribution in [0.3, 0.4) is 0 Å². The van der Waals surface area contributed by atoms with E-state index in [1.165, 1.54) is 0 Å². The lowest BCUT2D eigenvalue weighted by Gasteiger charge is -2.18. The zero-order valence-electron chi connectivity index (χ0n) is 10.7. The minimum absolute atomic E-state index is 0.0180. The van der Waals surface area contributed by atoms with Crippen LogP contribution in [0, 0.1) is 18.8 Å². The molecule has 2 heterocycles. The molecule has 1 aromatic rings. The Labute approximate surface area is 112 Å². The van der Waals surface area contributed by atoms with Crippen LogP contribution in [0.5, 0.6) is 0 Å². The third kappa shape index (κ3) is 3.32. The molecule has 0 aromatic carbocycles. The minimum atomic E-state index is -3.06. The van der Waals surface area contributed by atoms with Gasteiger partial charge >= 0.3 is 5.97 Å². The molecule has 1 aliphatic rings. The van der Waals surface area contributed by atoms with Gasteiger partial charge in [-0.2, -0.15) is 0 Å². The average Bonchev–Trinajstić information content (AvgIpc) is 2.68. The quantitative estimate of drug-likeness (QED) is 0.893. The topological polar surface area (TPSA) is 84.3 Å². The lowest BCUT2D eigenvalue weighted by molar-refractivity contribution is -0.143. The summed E-state index contributed by atoms with van der Waals surface area (Å²) in [6.45, 7) is 1.88. The van der Waals surface area contributed by atoms with Crippen molar-refractivity contribution in [3.8, 4) is 0 Å². The van der Waals surface area contributed by atoms with Crippen LogP contribution in [0.25, 0.3) is 0 Å². The molecule has 5 nitrogen and oxygen atoms in total. The van der Waals surface area contributed by atoms with E-state index in [4.69, 9.17) is 0 Å². The Morgan fingerprint density at radius 2 is 2.32 bits per heavy atom. The second-order valence-corrected chi connectivity index (χ2v) is 7.31. The van der Waals surface area contributed by atoms with Gasteiger partial charge in [0.25, 0.3) is 0 Å². The number of sulfone groups is 1. The van der Waals surface area contributed by atoms with Crippen molar-refractivity contribution >= 4 is 15.8 Å². The highest BCUT2D eigenvalue weighted by molar-refractivity contribution is 7.91. The fraction of sp³-hybridized carbons (Fsp3) is 0.538. The maximum atomic E-state index is 11.5. The van der Waals surface area contributed by atoms with Crippen molar-refractivity contribution in [2.75, 3.05) is 11.5 Å². The molecular formula is C13H17NO4S. The van der Waals surface area contributed by atoms with E-state index in [9.17, 15) is 18.3 Å². The monoisotopic (exact) mass is 283 g/mol. The number of carbonyl (C=O) groups is 1. The van der Waals surface area contributed by atoms with Crippen LogP contribution < -0.4 is 0 Å². The van der Waals surface area contributed by atoms with Crippen molar-refractivity contribution in [1.29, 1.82) is 0 Å². The summed E-state index contributed by atoms with van der Waals surface area (Å²) in [5.74, 6) is -1.83. The molecule has 2 atom stereocenters. The predicted molar refractivity (Wildman–Crippen MR) is 70.6 cm³/mol. The molecule has 1 fully saturated rings. The predicted octanol–water partition coefficient (Wildman–Crippen LogP) is 1.07. The molecule has 1 N–H and O–H groups in total. The van der Waals surface area contributed by atoms with Gasteiger partial charge in [0.15, 0.2) is 9.84 Å².